The second-order valence-corrected chi connectivity index (χ2v) is 7.73. The van der Waals surface area contributed by atoms with Gasteiger partial charge >= 0.3 is 0 Å². The fourth-order valence-electron chi connectivity index (χ4n) is 4.23. The molecule has 1 aromatic heterocycles. The quantitative estimate of drug-likeness (QED) is 0.726. The van der Waals surface area contributed by atoms with Gasteiger partial charge in [-0.1, -0.05) is 0 Å². The number of nitrogens with one attached hydrogen (secondary N) is 2. The van der Waals surface area contributed by atoms with Crippen LogP contribution in [-0.4, -0.2) is 72.4 Å². The van der Waals surface area contributed by atoms with Crippen LogP contribution in [0.2, 0.25) is 0 Å². The minimum atomic E-state index is -0.163. The predicted molar refractivity (Wildman–Crippen MR) is 106 cm³/mol. The molecule has 0 radical (unpaired) electrons. The van der Waals surface area contributed by atoms with Gasteiger partial charge in [-0.15, -0.1) is 0 Å². The van der Waals surface area contributed by atoms with E-state index < -0.39 is 0 Å². The van der Waals surface area contributed by atoms with Crippen LogP contribution in [0.1, 0.15) is 30.3 Å². The molecular formula is C20H33N5O3. The molecule has 2 amide bonds. The number of piperidine rings is 1. The lowest BCUT2D eigenvalue weighted by atomic mass is 9.88. The molecule has 0 bridgehead atoms. The van der Waals surface area contributed by atoms with Gasteiger partial charge in [0.15, 0.2) is 0 Å². The van der Waals surface area contributed by atoms with E-state index in [9.17, 15) is 9.59 Å². The van der Waals surface area contributed by atoms with Gasteiger partial charge in [-0.05, 0) is 39.2 Å². The summed E-state index contributed by atoms with van der Waals surface area (Å²) >= 11 is 0. The van der Waals surface area contributed by atoms with Gasteiger partial charge < -0.3 is 20.3 Å². The number of hydrogen-bond acceptors (Lipinski definition) is 5. The molecule has 2 saturated heterocycles. The van der Waals surface area contributed by atoms with Crippen LogP contribution in [0.5, 0.6) is 0 Å². The Balaban J connectivity index is 1.49. The summed E-state index contributed by atoms with van der Waals surface area (Å²) in [5.74, 6) is -0.115. The van der Waals surface area contributed by atoms with E-state index in [0.717, 1.165) is 18.7 Å². The number of ether oxygens (including phenoxy) is 1. The predicted octanol–water partition coefficient (Wildman–Crippen LogP) is 0.263. The fraction of sp³-hybridized carbons (Fsp3) is 0.750. The van der Waals surface area contributed by atoms with E-state index in [0.29, 0.717) is 52.4 Å². The second-order valence-electron chi connectivity index (χ2n) is 7.73. The number of hydrogen-bond donors (Lipinski definition) is 2. The third-order valence-electron chi connectivity index (χ3n) is 5.90. The molecular weight excluding hydrogens is 358 g/mol. The molecule has 2 aliphatic heterocycles. The molecule has 0 aromatic carbocycles. The largest absolute Gasteiger partial charge is 0.378 e. The molecule has 8 nitrogen and oxygen atoms in total. The van der Waals surface area contributed by atoms with E-state index in [1.807, 2.05) is 16.5 Å². The zero-order valence-electron chi connectivity index (χ0n) is 17.3. The van der Waals surface area contributed by atoms with E-state index in [2.05, 4.69) is 29.6 Å². The van der Waals surface area contributed by atoms with Crippen LogP contribution in [-0.2, 0) is 27.3 Å². The van der Waals surface area contributed by atoms with E-state index in [1.54, 1.807) is 0 Å². The van der Waals surface area contributed by atoms with Crippen LogP contribution < -0.4 is 10.6 Å². The van der Waals surface area contributed by atoms with Crippen molar-refractivity contribution in [2.24, 2.45) is 11.8 Å². The minimum Gasteiger partial charge on any atom is -0.378 e. The van der Waals surface area contributed by atoms with Crippen LogP contribution in [0, 0.1) is 25.7 Å². The van der Waals surface area contributed by atoms with Gasteiger partial charge in [0.1, 0.15) is 0 Å². The molecule has 0 aliphatic carbocycles. The zero-order chi connectivity index (χ0) is 20.1. The molecule has 2 fully saturated rings. The second kappa shape index (κ2) is 9.52. The maximum absolute atomic E-state index is 12.7. The highest BCUT2D eigenvalue weighted by molar-refractivity contribution is 5.83. The normalized spacial score (nSPS) is 22.9. The molecule has 3 heterocycles. The Morgan fingerprint density at radius 2 is 1.93 bits per heavy atom. The standard InChI is InChI=1S/C20H33N5O3/c1-4-25-15(3)18(14(2)23-25)5-6-22-19(26)16-11-17(13-21-12-16)20(27)24-7-9-28-10-8-24/h16-17,21H,4-13H2,1-3H3,(H,22,26). The van der Waals surface area contributed by atoms with Crippen LogP contribution in [0.3, 0.4) is 0 Å². The van der Waals surface area contributed by atoms with Gasteiger partial charge in [0.2, 0.25) is 11.8 Å². The molecule has 8 heteroatoms. The topological polar surface area (TPSA) is 88.5 Å². The molecule has 3 rings (SSSR count). The van der Waals surface area contributed by atoms with Crippen molar-refractivity contribution in [3.63, 3.8) is 0 Å². The molecule has 1 aromatic rings. The number of nitrogens with zero attached hydrogens (tertiary/aromatic N) is 3. The van der Waals surface area contributed by atoms with Crippen LogP contribution >= 0.6 is 0 Å². The highest BCUT2D eigenvalue weighted by Gasteiger charge is 2.33. The van der Waals surface area contributed by atoms with Gasteiger partial charge in [-0.25, -0.2) is 0 Å². The molecule has 2 N–H and O–H groups in total. The molecule has 2 atom stereocenters. The number of carbonyl (C=O) groups is 2. The smallest absolute Gasteiger partial charge is 0.227 e. The van der Waals surface area contributed by atoms with Gasteiger partial charge in [0.05, 0.1) is 30.7 Å². The number of aryl methyl sites for hydroxylation is 2. The Bertz CT molecular complexity index is 696. The summed E-state index contributed by atoms with van der Waals surface area (Å²) in [6, 6.07) is 0. The Morgan fingerprint density at radius 3 is 2.61 bits per heavy atom. The maximum atomic E-state index is 12.7. The molecule has 28 heavy (non-hydrogen) atoms. The minimum absolute atomic E-state index is 0.0326. The summed E-state index contributed by atoms with van der Waals surface area (Å²) in [5.41, 5.74) is 3.41. The Hall–Kier alpha value is -1.93. The maximum Gasteiger partial charge on any atom is 0.227 e. The summed E-state index contributed by atoms with van der Waals surface area (Å²) in [7, 11) is 0. The van der Waals surface area contributed by atoms with Gasteiger partial charge in [-0.2, -0.15) is 5.10 Å². The number of rotatable bonds is 6. The Morgan fingerprint density at radius 1 is 1.21 bits per heavy atom. The third-order valence-corrected chi connectivity index (χ3v) is 5.90. The molecule has 2 aliphatic rings. The lowest BCUT2D eigenvalue weighted by Gasteiger charge is -2.34. The van der Waals surface area contributed by atoms with Gasteiger partial charge in [-0.3, -0.25) is 14.3 Å². The number of aromatic nitrogens is 2. The number of morpholine rings is 1. The first kappa shape index (κ1) is 20.8. The average Bonchev–Trinajstić information content (AvgIpc) is 3.01. The van der Waals surface area contributed by atoms with Crippen molar-refractivity contribution in [1.82, 2.24) is 25.3 Å². The van der Waals surface area contributed by atoms with E-state index >= 15 is 0 Å². The number of amides is 2. The van der Waals surface area contributed by atoms with Crippen LogP contribution in [0.4, 0.5) is 0 Å². The number of carbonyl (C=O) groups excluding carboxylic acids is 2. The first-order valence-corrected chi connectivity index (χ1v) is 10.4. The summed E-state index contributed by atoms with van der Waals surface area (Å²) < 4.78 is 7.32. The van der Waals surface area contributed by atoms with E-state index in [-0.39, 0.29) is 23.7 Å². The van der Waals surface area contributed by atoms with Crippen molar-refractivity contribution >= 4 is 11.8 Å². The summed E-state index contributed by atoms with van der Waals surface area (Å²) in [5, 5.41) is 10.9. The van der Waals surface area contributed by atoms with Crippen molar-refractivity contribution in [3.8, 4) is 0 Å². The van der Waals surface area contributed by atoms with Crippen molar-refractivity contribution < 1.29 is 14.3 Å². The third kappa shape index (κ3) is 4.72. The molecule has 2 unspecified atom stereocenters. The first-order chi connectivity index (χ1) is 13.5. The Labute approximate surface area is 167 Å². The summed E-state index contributed by atoms with van der Waals surface area (Å²) in [6.07, 6.45) is 1.39. The van der Waals surface area contributed by atoms with Crippen LogP contribution in [0.25, 0.3) is 0 Å². The average molecular weight is 392 g/mol. The van der Waals surface area contributed by atoms with Crippen molar-refractivity contribution in [3.05, 3.63) is 17.0 Å². The first-order valence-electron chi connectivity index (χ1n) is 10.4. The molecule has 0 spiro atoms. The SMILES string of the molecule is CCn1nc(C)c(CCNC(=O)C2CNCC(C(=O)N3CCOCC3)C2)c1C. The highest BCUT2D eigenvalue weighted by Crippen LogP contribution is 2.20. The highest BCUT2D eigenvalue weighted by atomic mass is 16.5. The molecule has 156 valence electrons. The fourth-order valence-corrected chi connectivity index (χ4v) is 4.23. The molecule has 0 saturated carbocycles. The Kier molecular flexibility index (Phi) is 7.07. The summed E-state index contributed by atoms with van der Waals surface area (Å²) in [4.78, 5) is 27.2. The van der Waals surface area contributed by atoms with Gasteiger partial charge in [0, 0.05) is 45.0 Å². The van der Waals surface area contributed by atoms with Gasteiger partial charge in [0.25, 0.3) is 0 Å². The van der Waals surface area contributed by atoms with Crippen molar-refractivity contribution in [2.75, 3.05) is 45.9 Å². The van der Waals surface area contributed by atoms with Crippen molar-refractivity contribution in [2.45, 2.75) is 40.2 Å². The summed E-state index contributed by atoms with van der Waals surface area (Å²) in [6.45, 7) is 11.4. The lowest BCUT2D eigenvalue weighted by molar-refractivity contribution is -0.141. The zero-order valence-corrected chi connectivity index (χ0v) is 17.3. The van der Waals surface area contributed by atoms with E-state index in [1.165, 1.54) is 11.3 Å². The van der Waals surface area contributed by atoms with E-state index in [4.69, 9.17) is 4.74 Å². The monoisotopic (exact) mass is 391 g/mol. The van der Waals surface area contributed by atoms with Crippen molar-refractivity contribution in [1.29, 1.82) is 0 Å². The van der Waals surface area contributed by atoms with Crippen LogP contribution in [0.15, 0.2) is 0 Å². The lowest BCUT2D eigenvalue weighted by Crippen LogP contribution is -2.51.